The van der Waals surface area contributed by atoms with E-state index in [4.69, 9.17) is 0 Å². The summed E-state index contributed by atoms with van der Waals surface area (Å²) in [5.74, 6) is -0.172. The zero-order valence-corrected chi connectivity index (χ0v) is 12.1. The summed E-state index contributed by atoms with van der Waals surface area (Å²) in [6, 6.07) is 11.0. The van der Waals surface area contributed by atoms with Crippen LogP contribution in [-0.2, 0) is 0 Å². The van der Waals surface area contributed by atoms with Crippen LogP contribution in [0.1, 0.15) is 23.2 Å². The molecule has 4 heteroatoms. The summed E-state index contributed by atoms with van der Waals surface area (Å²) in [5, 5.41) is 15.5. The maximum Gasteiger partial charge on any atom is 0.255 e. The molecule has 0 bridgehead atoms. The first-order valence-electron chi connectivity index (χ1n) is 6.29. The van der Waals surface area contributed by atoms with Gasteiger partial charge >= 0.3 is 0 Å². The number of aromatic hydroxyl groups is 1. The molecule has 0 fully saturated rings. The third-order valence-corrected chi connectivity index (χ3v) is 3.55. The molecule has 0 aliphatic rings. The van der Waals surface area contributed by atoms with E-state index in [0.29, 0.717) is 17.5 Å². The fourth-order valence-electron chi connectivity index (χ4n) is 1.95. The average molecular weight is 322 g/mol. The largest absolute Gasteiger partial charge is 0.506 e. The summed E-state index contributed by atoms with van der Waals surface area (Å²) in [4.78, 5) is 12.0. The van der Waals surface area contributed by atoms with Crippen molar-refractivity contribution in [3.8, 4) is 5.75 Å². The van der Waals surface area contributed by atoms with Crippen molar-refractivity contribution in [3.05, 3.63) is 42.0 Å². The molecule has 3 nitrogen and oxygen atoms in total. The fourth-order valence-corrected chi connectivity index (χ4v) is 2.35. The molecular weight excluding hydrogens is 306 g/mol. The maximum absolute atomic E-state index is 12.0. The van der Waals surface area contributed by atoms with Gasteiger partial charge in [0.2, 0.25) is 0 Å². The second kappa shape index (κ2) is 6.57. The Hall–Kier alpha value is -1.55. The van der Waals surface area contributed by atoms with E-state index in [-0.39, 0.29) is 11.7 Å². The molecule has 0 saturated heterocycles. The Bertz CT molecular complexity index is 583. The Morgan fingerprint density at radius 3 is 2.74 bits per heavy atom. The number of fused-ring (bicyclic) bond motifs is 1. The minimum absolute atomic E-state index is 0.0519. The molecule has 19 heavy (non-hydrogen) atoms. The first-order chi connectivity index (χ1) is 9.24. The lowest BCUT2D eigenvalue weighted by atomic mass is 10.0. The highest BCUT2D eigenvalue weighted by Crippen LogP contribution is 2.28. The molecule has 0 heterocycles. The molecule has 0 radical (unpaired) electrons. The lowest BCUT2D eigenvalue weighted by Crippen LogP contribution is -2.24. The molecule has 2 aromatic rings. The first-order valence-corrected chi connectivity index (χ1v) is 7.41. The summed E-state index contributed by atoms with van der Waals surface area (Å²) in [6.07, 6.45) is 1.94. The number of phenols is 1. The molecular formula is C15H16BrNO2. The SMILES string of the molecule is O=C(NCCCCBr)c1ccc2ccccc2c1O. The molecule has 1 amide bonds. The molecule has 0 aliphatic heterocycles. The first kappa shape index (κ1) is 13.9. The van der Waals surface area contributed by atoms with E-state index in [0.717, 1.165) is 23.6 Å². The molecule has 2 rings (SSSR count). The highest BCUT2D eigenvalue weighted by Gasteiger charge is 2.12. The van der Waals surface area contributed by atoms with Crippen molar-refractivity contribution in [3.63, 3.8) is 0 Å². The van der Waals surface area contributed by atoms with Gasteiger partial charge in [-0.3, -0.25) is 4.79 Å². The van der Waals surface area contributed by atoms with Crippen LogP contribution >= 0.6 is 15.9 Å². The van der Waals surface area contributed by atoms with Crippen LogP contribution in [0.3, 0.4) is 0 Å². The van der Waals surface area contributed by atoms with Crippen molar-refractivity contribution in [2.45, 2.75) is 12.8 Å². The molecule has 2 aromatic carbocycles. The quantitative estimate of drug-likeness (QED) is 0.654. The number of unbranched alkanes of at least 4 members (excludes halogenated alkanes) is 1. The van der Waals surface area contributed by atoms with Gasteiger partial charge in [-0.2, -0.15) is 0 Å². The fraction of sp³-hybridized carbons (Fsp3) is 0.267. The number of carbonyl (C=O) groups excluding carboxylic acids is 1. The van der Waals surface area contributed by atoms with Gasteiger partial charge in [-0.25, -0.2) is 0 Å². The third-order valence-electron chi connectivity index (χ3n) is 2.99. The summed E-state index contributed by atoms with van der Waals surface area (Å²) >= 11 is 3.35. The van der Waals surface area contributed by atoms with Crippen LogP contribution in [0.25, 0.3) is 10.8 Å². The van der Waals surface area contributed by atoms with Gasteiger partial charge in [0.15, 0.2) is 0 Å². The molecule has 0 atom stereocenters. The zero-order chi connectivity index (χ0) is 13.7. The minimum atomic E-state index is -0.224. The number of carbonyl (C=O) groups is 1. The van der Waals surface area contributed by atoms with Crippen LogP contribution in [-0.4, -0.2) is 22.9 Å². The van der Waals surface area contributed by atoms with Gasteiger partial charge < -0.3 is 10.4 Å². The van der Waals surface area contributed by atoms with E-state index in [1.165, 1.54) is 0 Å². The Kier molecular flexibility index (Phi) is 4.80. The number of phenolic OH excluding ortho intramolecular Hbond substituents is 1. The van der Waals surface area contributed by atoms with Gasteiger partial charge in [-0.05, 0) is 24.3 Å². The molecule has 0 unspecified atom stereocenters. The topological polar surface area (TPSA) is 49.3 Å². The monoisotopic (exact) mass is 321 g/mol. The van der Waals surface area contributed by atoms with E-state index in [9.17, 15) is 9.90 Å². The zero-order valence-electron chi connectivity index (χ0n) is 10.5. The minimum Gasteiger partial charge on any atom is -0.506 e. The van der Waals surface area contributed by atoms with Crippen molar-refractivity contribution in [2.75, 3.05) is 11.9 Å². The summed E-state index contributed by atoms with van der Waals surface area (Å²) in [6.45, 7) is 0.622. The number of nitrogens with one attached hydrogen (secondary N) is 1. The molecule has 100 valence electrons. The number of hydrogen-bond acceptors (Lipinski definition) is 2. The molecule has 0 spiro atoms. The molecule has 2 N–H and O–H groups in total. The summed E-state index contributed by atoms with van der Waals surface area (Å²) < 4.78 is 0. The molecule has 0 aromatic heterocycles. The Balaban J connectivity index is 2.16. The van der Waals surface area contributed by atoms with E-state index in [1.807, 2.05) is 30.3 Å². The van der Waals surface area contributed by atoms with Gasteiger partial charge in [-0.1, -0.05) is 46.3 Å². The van der Waals surface area contributed by atoms with Crippen LogP contribution in [0.2, 0.25) is 0 Å². The number of alkyl halides is 1. The van der Waals surface area contributed by atoms with E-state index in [1.54, 1.807) is 6.07 Å². The predicted molar refractivity (Wildman–Crippen MR) is 81.0 cm³/mol. The predicted octanol–water partition coefficient (Wildman–Crippen LogP) is 3.45. The lowest BCUT2D eigenvalue weighted by molar-refractivity contribution is 0.0951. The number of hydrogen-bond donors (Lipinski definition) is 2. The van der Waals surface area contributed by atoms with Gasteiger partial charge in [0.05, 0.1) is 5.56 Å². The standard InChI is InChI=1S/C15H16BrNO2/c16-9-3-4-10-17-15(19)13-8-7-11-5-1-2-6-12(11)14(13)18/h1-2,5-8,18H,3-4,9-10H2,(H,17,19). The lowest BCUT2D eigenvalue weighted by Gasteiger charge is -2.08. The van der Waals surface area contributed by atoms with Gasteiger partial charge in [0.25, 0.3) is 5.91 Å². The number of benzene rings is 2. The van der Waals surface area contributed by atoms with Crippen LogP contribution < -0.4 is 5.32 Å². The smallest absolute Gasteiger partial charge is 0.255 e. The van der Waals surface area contributed by atoms with Crippen molar-refractivity contribution in [2.24, 2.45) is 0 Å². The Labute approximate surface area is 120 Å². The van der Waals surface area contributed by atoms with Gasteiger partial charge in [-0.15, -0.1) is 0 Å². The van der Waals surface area contributed by atoms with Crippen LogP contribution in [0, 0.1) is 0 Å². The normalized spacial score (nSPS) is 10.6. The average Bonchev–Trinajstić information content (AvgIpc) is 2.44. The number of amides is 1. The van der Waals surface area contributed by atoms with Crippen molar-refractivity contribution in [1.82, 2.24) is 5.32 Å². The number of rotatable bonds is 5. The van der Waals surface area contributed by atoms with E-state index >= 15 is 0 Å². The Morgan fingerprint density at radius 1 is 1.16 bits per heavy atom. The second-order valence-corrected chi connectivity index (χ2v) is 5.13. The van der Waals surface area contributed by atoms with E-state index < -0.39 is 0 Å². The van der Waals surface area contributed by atoms with Crippen molar-refractivity contribution >= 4 is 32.6 Å². The van der Waals surface area contributed by atoms with Crippen LogP contribution in [0.4, 0.5) is 0 Å². The van der Waals surface area contributed by atoms with Crippen molar-refractivity contribution < 1.29 is 9.90 Å². The third kappa shape index (κ3) is 3.26. The van der Waals surface area contributed by atoms with Crippen LogP contribution in [0.15, 0.2) is 36.4 Å². The van der Waals surface area contributed by atoms with Gasteiger partial charge in [0.1, 0.15) is 5.75 Å². The summed E-state index contributed by atoms with van der Waals surface area (Å²) in [5.41, 5.74) is 0.331. The maximum atomic E-state index is 12.0. The summed E-state index contributed by atoms with van der Waals surface area (Å²) in [7, 11) is 0. The van der Waals surface area contributed by atoms with Crippen molar-refractivity contribution in [1.29, 1.82) is 0 Å². The highest BCUT2D eigenvalue weighted by molar-refractivity contribution is 9.09. The van der Waals surface area contributed by atoms with Gasteiger partial charge in [0, 0.05) is 17.3 Å². The number of halogens is 1. The van der Waals surface area contributed by atoms with Crippen LogP contribution in [0.5, 0.6) is 5.75 Å². The second-order valence-electron chi connectivity index (χ2n) is 4.33. The highest BCUT2D eigenvalue weighted by atomic mass is 79.9. The molecule has 0 aliphatic carbocycles. The Morgan fingerprint density at radius 2 is 1.95 bits per heavy atom. The molecule has 0 saturated carbocycles. The van der Waals surface area contributed by atoms with E-state index in [2.05, 4.69) is 21.2 Å².